The number of rotatable bonds is 6. The van der Waals surface area contributed by atoms with Crippen molar-refractivity contribution in [1.29, 1.82) is 5.26 Å². The van der Waals surface area contributed by atoms with Gasteiger partial charge in [-0.25, -0.2) is 9.97 Å². The van der Waals surface area contributed by atoms with Crippen molar-refractivity contribution in [3.8, 4) is 18.9 Å². The smallest absolute Gasteiger partial charge is 0.167 e. The van der Waals surface area contributed by atoms with E-state index in [1.165, 1.54) is 12.7 Å². The molecule has 33 heavy (non-hydrogen) atoms. The van der Waals surface area contributed by atoms with Crippen LogP contribution in [0, 0.1) is 24.2 Å². The van der Waals surface area contributed by atoms with Crippen molar-refractivity contribution >= 4 is 23.5 Å². The molecule has 1 saturated heterocycles. The molecule has 0 spiro atoms. The van der Waals surface area contributed by atoms with Crippen molar-refractivity contribution in [2.24, 2.45) is 5.16 Å². The fourth-order valence-electron chi connectivity index (χ4n) is 3.33. The molecule has 1 fully saturated rings. The molecule has 0 aliphatic carbocycles. The van der Waals surface area contributed by atoms with Crippen molar-refractivity contribution in [2.75, 3.05) is 31.1 Å². The maximum atomic E-state index is 9.12. The average molecular weight is 469 g/mol. The van der Waals surface area contributed by atoms with Crippen molar-refractivity contribution in [3.05, 3.63) is 53.1 Å². The van der Waals surface area contributed by atoms with Crippen LogP contribution in [-0.2, 0) is 11.4 Å². The van der Waals surface area contributed by atoms with Gasteiger partial charge in [0.25, 0.3) is 0 Å². The molecule has 176 valence electrons. The Hall–Kier alpha value is -3.13. The maximum absolute atomic E-state index is 9.12. The molecule has 8 heteroatoms. The SMILES string of the molecule is C#C.C/C=N\OCc1cccc(Cl)c1.CCC(C)N1CCCN(c2cncnc2C#N)CC1. The molecule has 1 unspecified atom stereocenters. The van der Waals surface area contributed by atoms with Gasteiger partial charge in [0.15, 0.2) is 5.69 Å². The second-order valence-electron chi connectivity index (χ2n) is 7.27. The number of benzene rings is 1. The monoisotopic (exact) mass is 468 g/mol. The number of anilines is 1. The predicted molar refractivity (Wildman–Crippen MR) is 135 cm³/mol. The summed E-state index contributed by atoms with van der Waals surface area (Å²) in [5.74, 6) is 0. The summed E-state index contributed by atoms with van der Waals surface area (Å²) >= 11 is 5.76. The minimum atomic E-state index is 0.463. The van der Waals surface area contributed by atoms with Crippen LogP contribution < -0.4 is 4.90 Å². The molecule has 2 aromatic rings. The molecular weight excluding hydrogens is 436 g/mol. The maximum Gasteiger partial charge on any atom is 0.167 e. The van der Waals surface area contributed by atoms with E-state index in [1.807, 2.05) is 24.3 Å². The largest absolute Gasteiger partial charge is 0.391 e. The van der Waals surface area contributed by atoms with E-state index in [0.29, 0.717) is 18.3 Å². The van der Waals surface area contributed by atoms with E-state index in [1.54, 1.807) is 19.3 Å². The molecule has 2 heterocycles. The van der Waals surface area contributed by atoms with Crippen LogP contribution in [0.4, 0.5) is 5.69 Å². The van der Waals surface area contributed by atoms with Gasteiger partial charge in [-0.2, -0.15) is 5.26 Å². The summed E-state index contributed by atoms with van der Waals surface area (Å²) in [5.41, 5.74) is 2.37. The summed E-state index contributed by atoms with van der Waals surface area (Å²) in [4.78, 5) is 17.8. The summed E-state index contributed by atoms with van der Waals surface area (Å²) in [7, 11) is 0. The van der Waals surface area contributed by atoms with E-state index in [0.717, 1.165) is 48.9 Å². The molecule has 0 bridgehead atoms. The summed E-state index contributed by atoms with van der Waals surface area (Å²) in [6, 6.07) is 10.3. The fourth-order valence-corrected chi connectivity index (χ4v) is 3.54. The number of hydrogen-bond acceptors (Lipinski definition) is 7. The molecule has 0 N–H and O–H groups in total. The van der Waals surface area contributed by atoms with Crippen LogP contribution >= 0.6 is 11.6 Å². The van der Waals surface area contributed by atoms with Crippen molar-refractivity contribution in [3.63, 3.8) is 0 Å². The van der Waals surface area contributed by atoms with Crippen LogP contribution in [0.25, 0.3) is 0 Å². The van der Waals surface area contributed by atoms with Crippen LogP contribution in [-0.4, -0.2) is 53.3 Å². The van der Waals surface area contributed by atoms with E-state index in [2.05, 4.69) is 57.7 Å². The van der Waals surface area contributed by atoms with Gasteiger partial charge in [-0.05, 0) is 44.4 Å². The number of oxime groups is 1. The van der Waals surface area contributed by atoms with E-state index in [9.17, 15) is 0 Å². The molecule has 1 aliphatic rings. The molecule has 0 amide bonds. The lowest BCUT2D eigenvalue weighted by Crippen LogP contribution is -2.36. The number of nitriles is 1. The average Bonchev–Trinajstić information content (AvgIpc) is 3.12. The molecule has 0 radical (unpaired) electrons. The first-order chi connectivity index (χ1) is 16.1. The predicted octanol–water partition coefficient (Wildman–Crippen LogP) is 4.77. The second-order valence-corrected chi connectivity index (χ2v) is 7.71. The van der Waals surface area contributed by atoms with Gasteiger partial charge in [-0.15, -0.1) is 12.8 Å². The zero-order valence-electron chi connectivity index (χ0n) is 19.7. The number of terminal acetylenes is 1. The molecule has 3 rings (SSSR count). The molecule has 1 aliphatic heterocycles. The molecule has 1 aromatic carbocycles. The lowest BCUT2D eigenvalue weighted by atomic mass is 10.2. The highest BCUT2D eigenvalue weighted by Crippen LogP contribution is 2.19. The van der Waals surface area contributed by atoms with E-state index in [4.69, 9.17) is 21.7 Å². The first kappa shape index (κ1) is 27.9. The van der Waals surface area contributed by atoms with Gasteiger partial charge in [0.05, 0.1) is 11.9 Å². The minimum Gasteiger partial charge on any atom is -0.391 e. The Morgan fingerprint density at radius 3 is 2.76 bits per heavy atom. The van der Waals surface area contributed by atoms with E-state index in [-0.39, 0.29) is 0 Å². The number of halogens is 1. The van der Waals surface area contributed by atoms with Gasteiger partial charge < -0.3 is 9.74 Å². The van der Waals surface area contributed by atoms with Crippen molar-refractivity contribution in [2.45, 2.75) is 46.3 Å². The van der Waals surface area contributed by atoms with E-state index >= 15 is 0 Å². The molecular formula is C25H33ClN6O. The molecule has 0 saturated carbocycles. The highest BCUT2D eigenvalue weighted by Gasteiger charge is 2.20. The number of nitrogens with zero attached hydrogens (tertiary/aromatic N) is 6. The standard InChI is InChI=1S/C14H21N5.C9H10ClNO.C2H2/c1-3-12(2)18-5-4-6-19(8-7-18)14-10-16-11-17-13(14)9-15;1-2-11-12-7-8-4-3-5-9(10)6-8;1-2/h10-12H,3-8H2,1-2H3;2-6H,7H2,1H3;1-2H/b;11-2-;. The van der Waals surface area contributed by atoms with Crippen LogP contribution in [0.1, 0.15) is 44.9 Å². The minimum absolute atomic E-state index is 0.463. The lowest BCUT2D eigenvalue weighted by Gasteiger charge is -2.27. The third-order valence-electron chi connectivity index (χ3n) is 5.18. The second kappa shape index (κ2) is 16.5. The highest BCUT2D eigenvalue weighted by molar-refractivity contribution is 6.30. The molecule has 7 nitrogen and oxygen atoms in total. The van der Waals surface area contributed by atoms with Crippen molar-refractivity contribution < 1.29 is 4.84 Å². The topological polar surface area (TPSA) is 77.6 Å². The first-order valence-corrected chi connectivity index (χ1v) is 11.3. The van der Waals surface area contributed by atoms with Gasteiger partial charge in [0, 0.05) is 43.5 Å². The zero-order valence-corrected chi connectivity index (χ0v) is 20.4. The van der Waals surface area contributed by atoms with Gasteiger partial charge in [0.2, 0.25) is 0 Å². The molecule has 1 atom stereocenters. The Balaban J connectivity index is 0.000000335. The Bertz CT molecular complexity index is 911. The fraction of sp³-hybridized carbons (Fsp3) is 0.440. The van der Waals surface area contributed by atoms with Gasteiger partial charge >= 0.3 is 0 Å². The van der Waals surface area contributed by atoms with Gasteiger partial charge in [-0.1, -0.05) is 35.8 Å². The number of aromatic nitrogens is 2. The summed E-state index contributed by atoms with van der Waals surface area (Å²) in [6.45, 7) is 10.8. The highest BCUT2D eigenvalue weighted by atomic mass is 35.5. The molecule has 1 aromatic heterocycles. The Kier molecular flexibility index (Phi) is 13.9. The van der Waals surface area contributed by atoms with Gasteiger partial charge in [0.1, 0.15) is 19.0 Å². The summed E-state index contributed by atoms with van der Waals surface area (Å²) in [6.07, 6.45) is 15.1. The third-order valence-corrected chi connectivity index (χ3v) is 5.42. The van der Waals surface area contributed by atoms with Crippen LogP contribution in [0.2, 0.25) is 5.02 Å². The van der Waals surface area contributed by atoms with Crippen LogP contribution in [0.3, 0.4) is 0 Å². The third kappa shape index (κ3) is 9.91. The van der Waals surface area contributed by atoms with E-state index < -0.39 is 0 Å². The van der Waals surface area contributed by atoms with Crippen molar-refractivity contribution in [1.82, 2.24) is 14.9 Å². The summed E-state index contributed by atoms with van der Waals surface area (Å²) < 4.78 is 0. The Labute approximate surface area is 203 Å². The Morgan fingerprint density at radius 2 is 2.09 bits per heavy atom. The van der Waals surface area contributed by atoms with Gasteiger partial charge in [-0.3, -0.25) is 4.90 Å². The zero-order chi connectivity index (χ0) is 24.5. The summed E-state index contributed by atoms with van der Waals surface area (Å²) in [5, 5.41) is 13.5. The van der Waals surface area contributed by atoms with Crippen LogP contribution in [0.15, 0.2) is 41.9 Å². The number of hydrogen-bond donors (Lipinski definition) is 0. The lowest BCUT2D eigenvalue weighted by molar-refractivity contribution is 0.132. The first-order valence-electron chi connectivity index (χ1n) is 11.0. The van der Waals surface area contributed by atoms with Crippen LogP contribution in [0.5, 0.6) is 0 Å². The Morgan fingerprint density at radius 1 is 1.30 bits per heavy atom. The quantitative estimate of drug-likeness (QED) is 0.345. The normalized spacial score (nSPS) is 14.6.